The fraction of sp³-hybridized carbons (Fsp3) is 0.412. The maximum absolute atomic E-state index is 14.8. The van der Waals surface area contributed by atoms with Crippen molar-refractivity contribution in [3.63, 3.8) is 0 Å². The molecule has 0 amide bonds. The Labute approximate surface area is 148 Å². The average Bonchev–Trinajstić information content (AvgIpc) is 3.04. The smallest absolute Gasteiger partial charge is 0.341 e. The van der Waals surface area contributed by atoms with Gasteiger partial charge in [0.15, 0.2) is 0 Å². The van der Waals surface area contributed by atoms with Gasteiger partial charge in [-0.2, -0.15) is 0 Å². The number of nitrogens with zero attached hydrogens (tertiary/aromatic N) is 2. The first-order valence-electron chi connectivity index (χ1n) is 8.12. The van der Waals surface area contributed by atoms with Gasteiger partial charge in [-0.15, -0.1) is 0 Å². The molecular weight excluding hydrogens is 349 g/mol. The van der Waals surface area contributed by atoms with Gasteiger partial charge in [0, 0.05) is 25.8 Å². The van der Waals surface area contributed by atoms with E-state index in [-0.39, 0.29) is 22.0 Å². The number of aryl methyl sites for hydroxylation is 1. The summed E-state index contributed by atoms with van der Waals surface area (Å²) in [5.41, 5.74) is 5.16. The zero-order chi connectivity index (χ0) is 18.3. The first kappa shape index (κ1) is 17.7. The first-order valence-corrected chi connectivity index (χ1v) is 8.50. The van der Waals surface area contributed by atoms with Crippen molar-refractivity contribution in [2.45, 2.75) is 19.9 Å². The van der Waals surface area contributed by atoms with Crippen molar-refractivity contribution in [3.05, 3.63) is 38.9 Å². The third-order valence-electron chi connectivity index (χ3n) is 4.74. The van der Waals surface area contributed by atoms with Crippen molar-refractivity contribution < 1.29 is 14.3 Å². The molecule has 0 saturated carbocycles. The Morgan fingerprint density at radius 3 is 2.80 bits per heavy atom. The molecule has 1 unspecified atom stereocenters. The van der Waals surface area contributed by atoms with E-state index in [2.05, 4.69) is 0 Å². The summed E-state index contributed by atoms with van der Waals surface area (Å²) in [6.07, 6.45) is 2.11. The number of benzene rings is 1. The van der Waals surface area contributed by atoms with Crippen LogP contribution >= 0.6 is 11.6 Å². The predicted octanol–water partition coefficient (Wildman–Crippen LogP) is 2.30. The van der Waals surface area contributed by atoms with Gasteiger partial charge >= 0.3 is 5.97 Å². The molecule has 134 valence electrons. The topological polar surface area (TPSA) is 88.6 Å². The summed E-state index contributed by atoms with van der Waals surface area (Å²) in [6, 6.07) is 1.09. The zero-order valence-electron chi connectivity index (χ0n) is 13.8. The summed E-state index contributed by atoms with van der Waals surface area (Å²) in [4.78, 5) is 25.5. The monoisotopic (exact) mass is 367 g/mol. The van der Waals surface area contributed by atoms with Gasteiger partial charge in [-0.25, -0.2) is 9.18 Å². The molecular formula is C17H19ClFN3O3. The molecule has 3 rings (SSSR count). The van der Waals surface area contributed by atoms with Crippen LogP contribution in [0.2, 0.25) is 5.02 Å². The summed E-state index contributed by atoms with van der Waals surface area (Å²) < 4.78 is 16.3. The van der Waals surface area contributed by atoms with Crippen LogP contribution in [0.15, 0.2) is 17.1 Å². The highest BCUT2D eigenvalue weighted by molar-refractivity contribution is 6.38. The highest BCUT2D eigenvalue weighted by Gasteiger charge is 2.28. The van der Waals surface area contributed by atoms with Gasteiger partial charge in [-0.3, -0.25) is 4.79 Å². The molecule has 1 atom stereocenters. The van der Waals surface area contributed by atoms with Crippen LogP contribution < -0.4 is 16.1 Å². The second-order valence-corrected chi connectivity index (χ2v) is 6.59. The number of pyridine rings is 1. The molecule has 0 radical (unpaired) electrons. The number of anilines is 1. The molecule has 1 aromatic carbocycles. The van der Waals surface area contributed by atoms with Crippen LogP contribution in [0.25, 0.3) is 10.9 Å². The number of aromatic nitrogens is 1. The Bertz CT molecular complexity index is 912. The summed E-state index contributed by atoms with van der Waals surface area (Å²) >= 11 is 6.49. The van der Waals surface area contributed by atoms with Gasteiger partial charge < -0.3 is 20.3 Å². The molecule has 1 aliphatic rings. The van der Waals surface area contributed by atoms with Gasteiger partial charge in [0.25, 0.3) is 0 Å². The highest BCUT2D eigenvalue weighted by Crippen LogP contribution is 2.37. The largest absolute Gasteiger partial charge is 0.477 e. The molecule has 6 nitrogen and oxygen atoms in total. The number of nitrogens with two attached hydrogens (primary N) is 1. The van der Waals surface area contributed by atoms with Crippen molar-refractivity contribution in [3.8, 4) is 0 Å². The van der Waals surface area contributed by atoms with Crippen molar-refractivity contribution in [2.75, 3.05) is 24.5 Å². The van der Waals surface area contributed by atoms with Crippen molar-refractivity contribution in [1.82, 2.24) is 4.57 Å². The van der Waals surface area contributed by atoms with Crippen molar-refractivity contribution in [1.29, 1.82) is 0 Å². The minimum Gasteiger partial charge on any atom is -0.477 e. The second-order valence-electron chi connectivity index (χ2n) is 6.22. The van der Waals surface area contributed by atoms with E-state index in [4.69, 9.17) is 17.3 Å². The van der Waals surface area contributed by atoms with E-state index in [9.17, 15) is 19.1 Å². The van der Waals surface area contributed by atoms with E-state index in [1.165, 1.54) is 6.20 Å². The summed E-state index contributed by atoms with van der Waals surface area (Å²) in [7, 11) is 0. The number of fused-ring (bicyclic) bond motifs is 1. The normalized spacial score (nSPS) is 17.4. The standard InChI is InChI=1S/C17H19ClFN3O3/c1-2-21-8-11(17(24)25)16(23)10-5-12(19)15(13(18)14(10)21)22-4-3-9(6-20)7-22/h5,8-9H,2-4,6-7,20H2,1H3,(H,24,25). The van der Waals surface area contributed by atoms with Crippen LogP contribution in [0.4, 0.5) is 10.1 Å². The maximum Gasteiger partial charge on any atom is 0.341 e. The van der Waals surface area contributed by atoms with E-state index in [1.54, 1.807) is 11.5 Å². The van der Waals surface area contributed by atoms with Gasteiger partial charge in [-0.05, 0) is 31.9 Å². The number of halogens is 2. The van der Waals surface area contributed by atoms with E-state index in [0.717, 1.165) is 12.5 Å². The SMILES string of the molecule is CCn1cc(C(=O)O)c(=O)c2cc(F)c(N3CCC(CN)C3)c(Cl)c21. The first-order chi connectivity index (χ1) is 11.9. The van der Waals surface area contributed by atoms with Gasteiger partial charge in [0.05, 0.1) is 21.6 Å². The van der Waals surface area contributed by atoms with Crippen LogP contribution in [-0.4, -0.2) is 35.3 Å². The lowest BCUT2D eigenvalue weighted by atomic mass is 10.1. The Morgan fingerprint density at radius 2 is 2.24 bits per heavy atom. The number of carboxylic acids is 1. The van der Waals surface area contributed by atoms with Crippen LogP contribution in [-0.2, 0) is 6.54 Å². The minimum atomic E-state index is -1.35. The van der Waals surface area contributed by atoms with Gasteiger partial charge in [0.1, 0.15) is 11.4 Å². The summed E-state index contributed by atoms with van der Waals surface area (Å²) in [6.45, 7) is 3.95. The van der Waals surface area contributed by atoms with Crippen molar-refractivity contribution >= 4 is 34.2 Å². The van der Waals surface area contributed by atoms with Gasteiger partial charge in [-0.1, -0.05) is 11.6 Å². The van der Waals surface area contributed by atoms with Crippen LogP contribution in [0, 0.1) is 11.7 Å². The molecule has 0 bridgehead atoms. The van der Waals surface area contributed by atoms with E-state index >= 15 is 0 Å². The fourth-order valence-electron chi connectivity index (χ4n) is 3.40. The zero-order valence-corrected chi connectivity index (χ0v) is 14.5. The quantitative estimate of drug-likeness (QED) is 0.865. The lowest BCUT2D eigenvalue weighted by Crippen LogP contribution is -2.25. The lowest BCUT2D eigenvalue weighted by molar-refractivity contribution is 0.0695. The number of carboxylic acid groups (broad SMARTS) is 1. The average molecular weight is 368 g/mol. The highest BCUT2D eigenvalue weighted by atomic mass is 35.5. The molecule has 0 aliphatic carbocycles. The van der Waals surface area contributed by atoms with Crippen LogP contribution in [0.1, 0.15) is 23.7 Å². The van der Waals surface area contributed by atoms with Crippen molar-refractivity contribution in [2.24, 2.45) is 11.7 Å². The molecule has 1 fully saturated rings. The Hall–Kier alpha value is -2.12. The Morgan fingerprint density at radius 1 is 1.52 bits per heavy atom. The van der Waals surface area contributed by atoms with E-state index < -0.39 is 22.8 Å². The minimum absolute atomic E-state index is 0.0254. The van der Waals surface area contributed by atoms with E-state index in [1.807, 2.05) is 4.90 Å². The molecule has 3 N–H and O–H groups in total. The molecule has 2 heterocycles. The van der Waals surface area contributed by atoms with Gasteiger partial charge in [0.2, 0.25) is 5.43 Å². The summed E-state index contributed by atoms with van der Waals surface area (Å²) in [5, 5.41) is 9.31. The van der Waals surface area contributed by atoms with Crippen LogP contribution in [0.3, 0.4) is 0 Å². The van der Waals surface area contributed by atoms with Crippen LogP contribution in [0.5, 0.6) is 0 Å². The molecule has 25 heavy (non-hydrogen) atoms. The number of rotatable bonds is 4. The number of aromatic carboxylic acids is 1. The Kier molecular flexibility index (Phi) is 4.71. The molecule has 1 aromatic heterocycles. The predicted molar refractivity (Wildman–Crippen MR) is 95.2 cm³/mol. The number of carbonyl (C=O) groups is 1. The van der Waals surface area contributed by atoms with E-state index in [0.29, 0.717) is 31.7 Å². The molecule has 1 aliphatic heterocycles. The summed E-state index contributed by atoms with van der Waals surface area (Å²) in [5.74, 6) is -1.70. The third kappa shape index (κ3) is 2.87. The molecule has 2 aromatic rings. The third-order valence-corrected chi connectivity index (χ3v) is 5.09. The lowest BCUT2D eigenvalue weighted by Gasteiger charge is -2.23. The molecule has 8 heteroatoms. The molecule has 1 saturated heterocycles. The number of hydrogen-bond donors (Lipinski definition) is 2. The Balaban J connectivity index is 2.28. The fourth-order valence-corrected chi connectivity index (χ4v) is 3.82. The maximum atomic E-state index is 14.8. The number of hydrogen-bond acceptors (Lipinski definition) is 4. The second kappa shape index (κ2) is 6.65. The molecule has 0 spiro atoms.